The maximum atomic E-state index is 5.72. The van der Waals surface area contributed by atoms with Gasteiger partial charge in [0.05, 0.1) is 11.0 Å². The number of rotatable bonds is 4. The van der Waals surface area contributed by atoms with Crippen LogP contribution in [-0.4, -0.2) is 42.1 Å². The Hall–Kier alpha value is -0.190. The van der Waals surface area contributed by atoms with Gasteiger partial charge < -0.3 is 11.1 Å². The van der Waals surface area contributed by atoms with Gasteiger partial charge in [-0.05, 0) is 6.42 Å². The second-order valence-corrected chi connectivity index (χ2v) is 3.96. The lowest BCUT2D eigenvalue weighted by Crippen LogP contribution is -2.52. The highest BCUT2D eigenvalue weighted by atomic mass is 32.1. The largest absolute Gasteiger partial charge is 0.392 e. The van der Waals surface area contributed by atoms with Crippen molar-refractivity contribution < 1.29 is 0 Å². The van der Waals surface area contributed by atoms with E-state index in [0.717, 1.165) is 39.0 Å². The molecule has 1 heterocycles. The van der Waals surface area contributed by atoms with Crippen molar-refractivity contribution in [2.24, 2.45) is 5.73 Å². The molecule has 0 aliphatic carbocycles. The van der Waals surface area contributed by atoms with Crippen LogP contribution in [0.5, 0.6) is 0 Å². The molecule has 1 atom stereocenters. The molecule has 13 heavy (non-hydrogen) atoms. The van der Waals surface area contributed by atoms with E-state index < -0.39 is 0 Å². The molecule has 0 bridgehead atoms. The summed E-state index contributed by atoms with van der Waals surface area (Å²) in [5, 5.41) is 3.32. The summed E-state index contributed by atoms with van der Waals surface area (Å²) in [7, 11) is 0. The van der Waals surface area contributed by atoms with Gasteiger partial charge in [0.2, 0.25) is 0 Å². The summed E-state index contributed by atoms with van der Waals surface area (Å²) in [6.45, 7) is 6.43. The van der Waals surface area contributed by atoms with E-state index in [1.54, 1.807) is 0 Å². The Morgan fingerprint density at radius 3 is 2.62 bits per heavy atom. The summed E-state index contributed by atoms with van der Waals surface area (Å²) in [4.78, 5) is 3.05. The molecule has 1 fully saturated rings. The van der Waals surface area contributed by atoms with E-state index in [9.17, 15) is 0 Å². The van der Waals surface area contributed by atoms with Gasteiger partial charge >= 0.3 is 0 Å². The van der Waals surface area contributed by atoms with Crippen molar-refractivity contribution >= 4 is 17.2 Å². The number of hydrogen-bond acceptors (Lipinski definition) is 3. The summed E-state index contributed by atoms with van der Waals surface area (Å²) in [6.07, 6.45) is 2.24. The quantitative estimate of drug-likeness (QED) is 0.644. The van der Waals surface area contributed by atoms with Crippen LogP contribution in [0.2, 0.25) is 0 Å². The fourth-order valence-electron chi connectivity index (χ4n) is 1.77. The van der Waals surface area contributed by atoms with Crippen LogP contribution in [-0.2, 0) is 0 Å². The molecule has 1 unspecified atom stereocenters. The molecule has 1 aliphatic heterocycles. The molecule has 0 amide bonds. The minimum absolute atomic E-state index is 0.321. The molecule has 1 rings (SSSR count). The third-order valence-electron chi connectivity index (χ3n) is 2.48. The maximum absolute atomic E-state index is 5.72. The summed E-state index contributed by atoms with van der Waals surface area (Å²) >= 11 is 5.08. The summed E-state index contributed by atoms with van der Waals surface area (Å²) in [6, 6.07) is 0.321. The molecule has 1 aliphatic rings. The van der Waals surface area contributed by atoms with Crippen molar-refractivity contribution in [3.8, 4) is 0 Å². The zero-order valence-corrected chi connectivity index (χ0v) is 9.07. The van der Waals surface area contributed by atoms with Crippen molar-refractivity contribution in [2.75, 3.05) is 26.2 Å². The highest BCUT2D eigenvalue weighted by molar-refractivity contribution is 7.80. The van der Waals surface area contributed by atoms with Crippen LogP contribution in [0.25, 0.3) is 0 Å². The van der Waals surface area contributed by atoms with E-state index in [4.69, 9.17) is 18.0 Å². The first-order valence-electron chi connectivity index (χ1n) is 4.99. The van der Waals surface area contributed by atoms with Crippen LogP contribution in [0, 0.1) is 0 Å². The van der Waals surface area contributed by atoms with E-state index in [1.807, 2.05) is 0 Å². The van der Waals surface area contributed by atoms with Crippen molar-refractivity contribution in [3.63, 3.8) is 0 Å². The van der Waals surface area contributed by atoms with Gasteiger partial charge in [0, 0.05) is 26.2 Å². The van der Waals surface area contributed by atoms with E-state index >= 15 is 0 Å². The Morgan fingerprint density at radius 1 is 1.54 bits per heavy atom. The second-order valence-electron chi connectivity index (χ2n) is 3.49. The molecule has 76 valence electrons. The van der Waals surface area contributed by atoms with Gasteiger partial charge in [-0.1, -0.05) is 25.6 Å². The third kappa shape index (κ3) is 3.21. The molecule has 0 saturated carbocycles. The Kier molecular flexibility index (Phi) is 4.62. The van der Waals surface area contributed by atoms with Gasteiger partial charge in [0.1, 0.15) is 0 Å². The van der Waals surface area contributed by atoms with Crippen molar-refractivity contribution in [3.05, 3.63) is 0 Å². The molecule has 1 saturated heterocycles. The number of nitrogens with two attached hydrogens (primary N) is 1. The van der Waals surface area contributed by atoms with Gasteiger partial charge in [0.15, 0.2) is 0 Å². The van der Waals surface area contributed by atoms with E-state index in [-0.39, 0.29) is 0 Å². The number of hydrogen-bond donors (Lipinski definition) is 2. The van der Waals surface area contributed by atoms with Gasteiger partial charge in [0.25, 0.3) is 0 Å². The molecule has 0 spiro atoms. The van der Waals surface area contributed by atoms with Crippen LogP contribution in [0.1, 0.15) is 19.8 Å². The fourth-order valence-corrected chi connectivity index (χ4v) is 2.04. The maximum Gasteiger partial charge on any atom is 0.0902 e. The average molecular weight is 201 g/mol. The molecule has 3 N–H and O–H groups in total. The second kappa shape index (κ2) is 5.52. The van der Waals surface area contributed by atoms with Crippen LogP contribution in [0.15, 0.2) is 0 Å². The average Bonchev–Trinajstić information content (AvgIpc) is 2.15. The first kappa shape index (κ1) is 10.9. The lowest BCUT2D eigenvalue weighted by atomic mass is 10.1. The molecule has 0 aromatic heterocycles. The van der Waals surface area contributed by atoms with E-state index in [0.29, 0.717) is 11.0 Å². The number of piperazine rings is 1. The zero-order valence-electron chi connectivity index (χ0n) is 8.25. The van der Waals surface area contributed by atoms with Crippen LogP contribution in [0.4, 0.5) is 0 Å². The minimum Gasteiger partial charge on any atom is -0.392 e. The first-order valence-corrected chi connectivity index (χ1v) is 5.40. The predicted octanol–water partition coefficient (Wildman–Crippen LogP) is 0.346. The molecule has 0 aromatic carbocycles. The first-order chi connectivity index (χ1) is 6.25. The summed E-state index contributed by atoms with van der Waals surface area (Å²) in [5.41, 5.74) is 5.72. The normalized spacial score (nSPS) is 21.3. The van der Waals surface area contributed by atoms with Gasteiger partial charge in [-0.2, -0.15) is 0 Å². The Bertz CT molecular complexity index is 166. The highest BCUT2D eigenvalue weighted by Gasteiger charge is 2.21. The SMILES string of the molecule is CCCC(C(N)=S)N1CCNCC1. The summed E-state index contributed by atoms with van der Waals surface area (Å²) in [5.74, 6) is 0. The van der Waals surface area contributed by atoms with Crippen LogP contribution < -0.4 is 11.1 Å². The molecule has 0 radical (unpaired) electrons. The van der Waals surface area contributed by atoms with Gasteiger partial charge in [-0.25, -0.2) is 0 Å². The Labute approximate surface area is 85.7 Å². The molecule has 0 aromatic rings. The van der Waals surface area contributed by atoms with Gasteiger partial charge in [-0.3, -0.25) is 4.90 Å². The number of nitrogens with zero attached hydrogens (tertiary/aromatic N) is 1. The predicted molar refractivity (Wildman–Crippen MR) is 59.9 cm³/mol. The number of thiocarbonyl (C=S) groups is 1. The van der Waals surface area contributed by atoms with E-state index in [1.165, 1.54) is 0 Å². The zero-order chi connectivity index (χ0) is 9.68. The monoisotopic (exact) mass is 201 g/mol. The molecular weight excluding hydrogens is 182 g/mol. The van der Waals surface area contributed by atoms with E-state index in [2.05, 4.69) is 17.1 Å². The third-order valence-corrected chi connectivity index (χ3v) is 2.75. The molecule has 4 heteroatoms. The topological polar surface area (TPSA) is 41.3 Å². The highest BCUT2D eigenvalue weighted by Crippen LogP contribution is 2.08. The van der Waals surface area contributed by atoms with Crippen molar-refractivity contribution in [1.29, 1.82) is 0 Å². The summed E-state index contributed by atoms with van der Waals surface area (Å²) < 4.78 is 0. The molecule has 3 nitrogen and oxygen atoms in total. The fraction of sp³-hybridized carbons (Fsp3) is 0.889. The van der Waals surface area contributed by atoms with Crippen molar-refractivity contribution in [1.82, 2.24) is 10.2 Å². The van der Waals surface area contributed by atoms with Gasteiger partial charge in [-0.15, -0.1) is 0 Å². The Balaban J connectivity index is 2.46. The Morgan fingerprint density at radius 2 is 2.15 bits per heavy atom. The lowest BCUT2D eigenvalue weighted by molar-refractivity contribution is 0.205. The minimum atomic E-state index is 0.321. The standard InChI is InChI=1S/C9H19N3S/c1-2-3-8(9(10)13)12-6-4-11-5-7-12/h8,11H,2-7H2,1H3,(H2,10,13). The van der Waals surface area contributed by atoms with Crippen molar-refractivity contribution in [2.45, 2.75) is 25.8 Å². The lowest BCUT2D eigenvalue weighted by Gasteiger charge is -2.34. The van der Waals surface area contributed by atoms with Crippen LogP contribution >= 0.6 is 12.2 Å². The van der Waals surface area contributed by atoms with Crippen LogP contribution in [0.3, 0.4) is 0 Å². The molecular formula is C9H19N3S. The number of nitrogens with one attached hydrogen (secondary N) is 1. The smallest absolute Gasteiger partial charge is 0.0902 e.